The van der Waals surface area contributed by atoms with E-state index in [1.165, 1.54) is 15.6 Å². The molecule has 1 N–H and O–H groups in total. The van der Waals surface area contributed by atoms with Crippen LogP contribution >= 0.6 is 11.3 Å². The van der Waals surface area contributed by atoms with Crippen LogP contribution in [0.5, 0.6) is 0 Å². The molecule has 34 heavy (non-hydrogen) atoms. The van der Waals surface area contributed by atoms with Gasteiger partial charge < -0.3 is 0 Å². The van der Waals surface area contributed by atoms with Crippen LogP contribution < -0.4 is 5.32 Å². The van der Waals surface area contributed by atoms with Crippen molar-refractivity contribution in [2.45, 2.75) is 17.7 Å². The first-order valence-corrected chi connectivity index (χ1v) is 13.1. The quantitative estimate of drug-likeness (QED) is 0.399. The van der Waals surface area contributed by atoms with Gasteiger partial charge in [0.2, 0.25) is 10.0 Å². The topological polar surface area (TPSA) is 96.4 Å². The van der Waals surface area contributed by atoms with E-state index in [9.17, 15) is 18.0 Å². The molecular formula is C25H21N3O4S2. The number of amides is 1. The zero-order valence-electron chi connectivity index (χ0n) is 18.1. The minimum atomic E-state index is -3.54. The summed E-state index contributed by atoms with van der Waals surface area (Å²) in [6, 6.07) is 20.2. The van der Waals surface area contributed by atoms with Gasteiger partial charge in [0.25, 0.3) is 5.91 Å². The Morgan fingerprint density at radius 3 is 2.29 bits per heavy atom. The second-order valence-electron chi connectivity index (χ2n) is 7.95. The second-order valence-corrected chi connectivity index (χ2v) is 10.9. The highest BCUT2D eigenvalue weighted by Gasteiger charge is 2.27. The van der Waals surface area contributed by atoms with E-state index in [0.717, 1.165) is 12.8 Å². The standard InChI is InChI=1S/C25H21N3O4S2/c29-23(17-8-2-1-3-9-17)19-10-4-5-11-20(19)24(30)27-25-26-21-13-12-18(16-22(21)33-25)34(31,32)28-14-6-7-15-28/h1-5,8-13,16H,6-7,14-15H2,(H,26,27,30). The molecule has 1 fully saturated rings. The number of carbonyl (C=O) groups is 2. The molecule has 0 bridgehead atoms. The lowest BCUT2D eigenvalue weighted by Gasteiger charge is -2.15. The van der Waals surface area contributed by atoms with Gasteiger partial charge >= 0.3 is 0 Å². The summed E-state index contributed by atoms with van der Waals surface area (Å²) in [6.45, 7) is 1.07. The van der Waals surface area contributed by atoms with E-state index in [-0.39, 0.29) is 16.2 Å². The van der Waals surface area contributed by atoms with Crippen LogP contribution in [0.3, 0.4) is 0 Å². The van der Waals surface area contributed by atoms with Crippen LogP contribution in [0, 0.1) is 0 Å². The number of anilines is 1. The van der Waals surface area contributed by atoms with Gasteiger partial charge in [-0.25, -0.2) is 13.4 Å². The van der Waals surface area contributed by atoms with Crippen LogP contribution in [0.4, 0.5) is 5.13 Å². The molecule has 1 aliphatic rings. The van der Waals surface area contributed by atoms with Gasteiger partial charge in [-0.05, 0) is 37.1 Å². The third kappa shape index (κ3) is 4.25. The summed E-state index contributed by atoms with van der Waals surface area (Å²) in [5.74, 6) is -0.698. The Hall–Kier alpha value is -3.40. The van der Waals surface area contributed by atoms with E-state index in [4.69, 9.17) is 0 Å². The fourth-order valence-corrected chi connectivity index (χ4v) is 6.50. The van der Waals surface area contributed by atoms with Crippen molar-refractivity contribution in [3.8, 4) is 0 Å². The number of rotatable bonds is 6. The van der Waals surface area contributed by atoms with Crippen molar-refractivity contribution >= 4 is 48.4 Å². The van der Waals surface area contributed by atoms with Crippen LogP contribution in [-0.4, -0.2) is 42.5 Å². The van der Waals surface area contributed by atoms with Gasteiger partial charge in [-0.1, -0.05) is 59.9 Å². The van der Waals surface area contributed by atoms with Gasteiger partial charge in [-0.15, -0.1) is 0 Å². The molecule has 0 aliphatic carbocycles. The Labute approximate surface area is 201 Å². The van der Waals surface area contributed by atoms with Crippen LogP contribution in [0.2, 0.25) is 0 Å². The van der Waals surface area contributed by atoms with Crippen molar-refractivity contribution in [1.29, 1.82) is 0 Å². The van der Waals surface area contributed by atoms with Gasteiger partial charge in [-0.2, -0.15) is 4.31 Å². The molecule has 172 valence electrons. The summed E-state index contributed by atoms with van der Waals surface area (Å²) in [5, 5.41) is 3.10. The average molecular weight is 492 g/mol. The second kappa shape index (κ2) is 9.09. The van der Waals surface area contributed by atoms with E-state index in [0.29, 0.717) is 39.6 Å². The lowest BCUT2D eigenvalue weighted by Crippen LogP contribution is -2.27. The number of nitrogens with one attached hydrogen (secondary N) is 1. The third-order valence-corrected chi connectivity index (χ3v) is 8.56. The molecule has 0 unspecified atom stereocenters. The van der Waals surface area contributed by atoms with E-state index < -0.39 is 15.9 Å². The van der Waals surface area contributed by atoms with Gasteiger partial charge in [-0.3, -0.25) is 14.9 Å². The van der Waals surface area contributed by atoms with Crippen molar-refractivity contribution in [2.24, 2.45) is 0 Å². The molecule has 1 amide bonds. The van der Waals surface area contributed by atoms with E-state index in [1.807, 2.05) is 6.07 Å². The molecule has 0 spiro atoms. The van der Waals surface area contributed by atoms with Crippen molar-refractivity contribution in [3.05, 3.63) is 89.5 Å². The molecule has 1 aliphatic heterocycles. The molecule has 1 saturated heterocycles. The number of ketones is 1. The number of nitrogens with zero attached hydrogens (tertiary/aromatic N) is 2. The highest BCUT2D eigenvalue weighted by molar-refractivity contribution is 7.89. The molecule has 4 aromatic rings. The summed E-state index contributed by atoms with van der Waals surface area (Å²) in [7, 11) is -3.54. The number of carbonyl (C=O) groups excluding carboxylic acids is 2. The number of thiazole rings is 1. The summed E-state index contributed by atoms with van der Waals surface area (Å²) in [4.78, 5) is 30.6. The molecular weight excluding hydrogens is 470 g/mol. The molecule has 3 aromatic carbocycles. The Morgan fingerprint density at radius 2 is 1.56 bits per heavy atom. The molecule has 0 radical (unpaired) electrons. The first-order valence-electron chi connectivity index (χ1n) is 10.8. The lowest BCUT2D eigenvalue weighted by molar-refractivity contribution is 0.0996. The fourth-order valence-electron chi connectivity index (χ4n) is 3.99. The minimum Gasteiger partial charge on any atom is -0.298 e. The number of aromatic nitrogens is 1. The predicted octanol–water partition coefficient (Wildman–Crippen LogP) is 4.56. The molecule has 9 heteroatoms. The maximum atomic E-state index is 13.0. The minimum absolute atomic E-state index is 0.224. The van der Waals surface area contributed by atoms with E-state index in [1.54, 1.807) is 66.7 Å². The number of hydrogen-bond acceptors (Lipinski definition) is 6. The van der Waals surface area contributed by atoms with Crippen LogP contribution in [0.1, 0.15) is 39.1 Å². The predicted molar refractivity (Wildman–Crippen MR) is 132 cm³/mol. The van der Waals surface area contributed by atoms with Gasteiger partial charge in [0.15, 0.2) is 10.9 Å². The van der Waals surface area contributed by atoms with Crippen molar-refractivity contribution < 1.29 is 18.0 Å². The van der Waals surface area contributed by atoms with Crippen molar-refractivity contribution in [1.82, 2.24) is 9.29 Å². The first-order chi connectivity index (χ1) is 16.4. The molecule has 1 aromatic heterocycles. The Morgan fingerprint density at radius 1 is 0.882 bits per heavy atom. The summed E-state index contributed by atoms with van der Waals surface area (Å²) in [5.41, 5.74) is 1.63. The highest BCUT2D eigenvalue weighted by Crippen LogP contribution is 2.30. The normalized spacial score (nSPS) is 14.4. The third-order valence-electron chi connectivity index (χ3n) is 5.74. The smallest absolute Gasteiger partial charge is 0.258 e. The Bertz CT molecular complexity index is 1490. The van der Waals surface area contributed by atoms with Gasteiger partial charge in [0.1, 0.15) is 0 Å². The fraction of sp³-hybridized carbons (Fsp3) is 0.160. The molecule has 2 heterocycles. The zero-order chi connectivity index (χ0) is 23.7. The Balaban J connectivity index is 1.41. The number of fused-ring (bicyclic) bond motifs is 1. The zero-order valence-corrected chi connectivity index (χ0v) is 19.7. The van der Waals surface area contributed by atoms with Gasteiger partial charge in [0.05, 0.1) is 20.7 Å². The highest BCUT2D eigenvalue weighted by atomic mass is 32.2. The maximum Gasteiger partial charge on any atom is 0.258 e. The maximum absolute atomic E-state index is 13.0. The number of sulfonamides is 1. The van der Waals surface area contributed by atoms with E-state index >= 15 is 0 Å². The Kier molecular flexibility index (Phi) is 5.99. The van der Waals surface area contributed by atoms with Crippen LogP contribution in [-0.2, 0) is 10.0 Å². The lowest BCUT2D eigenvalue weighted by atomic mass is 9.98. The number of hydrogen-bond donors (Lipinski definition) is 1. The molecule has 0 atom stereocenters. The molecule has 7 nitrogen and oxygen atoms in total. The van der Waals surface area contributed by atoms with Crippen LogP contribution in [0.25, 0.3) is 10.2 Å². The SMILES string of the molecule is O=C(Nc1nc2ccc(S(=O)(=O)N3CCCC3)cc2s1)c1ccccc1C(=O)c1ccccc1. The van der Waals surface area contributed by atoms with Crippen molar-refractivity contribution in [2.75, 3.05) is 18.4 Å². The molecule has 0 saturated carbocycles. The van der Waals surface area contributed by atoms with E-state index in [2.05, 4.69) is 10.3 Å². The van der Waals surface area contributed by atoms with Crippen molar-refractivity contribution in [3.63, 3.8) is 0 Å². The summed E-state index contributed by atoms with van der Waals surface area (Å²) < 4.78 is 27.9. The summed E-state index contributed by atoms with van der Waals surface area (Å²) in [6.07, 6.45) is 1.74. The monoisotopic (exact) mass is 491 g/mol. The molecule has 5 rings (SSSR count). The average Bonchev–Trinajstić information content (AvgIpc) is 3.54. The summed E-state index contributed by atoms with van der Waals surface area (Å²) >= 11 is 1.19. The van der Waals surface area contributed by atoms with Crippen LogP contribution in [0.15, 0.2) is 77.7 Å². The van der Waals surface area contributed by atoms with Gasteiger partial charge in [0, 0.05) is 24.2 Å². The number of benzene rings is 3. The largest absolute Gasteiger partial charge is 0.298 e. The first kappa shape index (κ1) is 22.4.